The molecule has 2 atom stereocenters. The Morgan fingerprint density at radius 3 is 2.62 bits per heavy atom. The second-order valence-electron chi connectivity index (χ2n) is 7.45. The van der Waals surface area contributed by atoms with Crippen LogP contribution in [0.3, 0.4) is 0 Å². The van der Waals surface area contributed by atoms with Crippen LogP contribution >= 0.6 is 38.4 Å². The number of hydrogen-bond acceptors (Lipinski definition) is 7. The van der Waals surface area contributed by atoms with Crippen LogP contribution in [0.2, 0.25) is 10.2 Å². The fourth-order valence-electron chi connectivity index (χ4n) is 3.17. The summed E-state index contributed by atoms with van der Waals surface area (Å²) in [6.07, 6.45) is 1.79. The lowest BCUT2D eigenvalue weighted by Crippen LogP contribution is -2.19. The summed E-state index contributed by atoms with van der Waals surface area (Å²) >= 11 is 12.4. The zero-order chi connectivity index (χ0) is 24.9. The van der Waals surface area contributed by atoms with Gasteiger partial charge in [0.05, 0.1) is 30.3 Å². The first-order chi connectivity index (χ1) is 16.0. The first-order valence-electron chi connectivity index (χ1n) is 10.0. The Morgan fingerprint density at radius 2 is 1.94 bits per heavy atom. The van der Waals surface area contributed by atoms with Gasteiger partial charge in [-0.25, -0.2) is 9.50 Å². The highest BCUT2D eigenvalue weighted by atomic mass is 35.5. The van der Waals surface area contributed by atoms with Gasteiger partial charge in [-0.05, 0) is 24.5 Å². The topological polar surface area (TPSA) is 156 Å². The van der Waals surface area contributed by atoms with Crippen LogP contribution in [0.15, 0.2) is 36.5 Å². The number of benzene rings is 1. The molecule has 0 aliphatic heterocycles. The number of methoxy groups -OCH3 is 1. The van der Waals surface area contributed by atoms with Gasteiger partial charge < -0.3 is 29.3 Å². The first kappa shape index (κ1) is 27.1. The van der Waals surface area contributed by atoms with Crippen molar-refractivity contribution in [2.75, 3.05) is 24.9 Å². The van der Waals surface area contributed by atoms with Crippen LogP contribution < -0.4 is 5.32 Å². The number of rotatable bonds is 12. The number of halogens is 2. The average molecular weight is 553 g/mol. The highest BCUT2D eigenvalue weighted by molar-refractivity contribution is 7.70. The van der Waals surface area contributed by atoms with Gasteiger partial charge in [-0.2, -0.15) is 5.10 Å². The third kappa shape index (κ3) is 7.75. The monoisotopic (exact) mass is 552 g/mol. The second-order valence-corrected chi connectivity index (χ2v) is 12.2. The second kappa shape index (κ2) is 11.5. The van der Waals surface area contributed by atoms with Crippen LogP contribution in [0, 0.1) is 0 Å². The number of ether oxygens (including phenoxy) is 1. The molecule has 0 amide bonds. The fourth-order valence-corrected chi connectivity index (χ4v) is 6.14. The number of anilines is 1. The van der Waals surface area contributed by atoms with Crippen molar-refractivity contribution in [3.8, 4) is 0 Å². The molecule has 186 valence electrons. The molecule has 11 nitrogen and oxygen atoms in total. The van der Waals surface area contributed by atoms with Gasteiger partial charge in [0, 0.05) is 24.7 Å². The van der Waals surface area contributed by atoms with Crippen molar-refractivity contribution in [2.45, 2.75) is 25.5 Å². The molecular weight excluding hydrogens is 529 g/mol. The van der Waals surface area contributed by atoms with Crippen LogP contribution in [0.25, 0.3) is 5.65 Å². The van der Waals surface area contributed by atoms with E-state index in [2.05, 4.69) is 15.4 Å². The fraction of sp³-hybridized carbons (Fsp3) is 0.368. The van der Waals surface area contributed by atoms with Crippen molar-refractivity contribution in [3.63, 3.8) is 0 Å². The lowest BCUT2D eigenvalue weighted by molar-refractivity contribution is 0.0483. The summed E-state index contributed by atoms with van der Waals surface area (Å²) in [6, 6.07) is 9.12. The van der Waals surface area contributed by atoms with Crippen LogP contribution in [0.1, 0.15) is 17.7 Å². The normalized spacial score (nSPS) is 14.8. The molecule has 0 radical (unpaired) electrons. The Hall–Kier alpha value is -1.52. The van der Waals surface area contributed by atoms with Gasteiger partial charge in [-0.1, -0.05) is 41.4 Å². The van der Waals surface area contributed by atoms with Gasteiger partial charge in [-0.3, -0.25) is 9.13 Å². The maximum atomic E-state index is 11.8. The number of aromatic nitrogens is 3. The number of imidazole rings is 1. The third-order valence-electron chi connectivity index (χ3n) is 4.82. The Kier molecular flexibility index (Phi) is 9.14. The lowest BCUT2D eigenvalue weighted by atomic mass is 10.2. The Balaban J connectivity index is 1.67. The van der Waals surface area contributed by atoms with Gasteiger partial charge >= 0.3 is 15.2 Å². The standard InChI is InChI=1S/C19H24Cl2N4O7P2/c1-31-15(11-32-34(29,30)12-33(26,27)28)7-6-14-10-23-19-17(8-18(21)24-25(14)19)22-9-13-4-2-3-5-16(13)20/h2-5,8,10,15,22H,6-7,9,11-12H2,1H3,(H,29,30)(H2,26,27,28)/t15-/m0/s1. The van der Waals surface area contributed by atoms with E-state index in [0.29, 0.717) is 41.4 Å². The third-order valence-corrected chi connectivity index (χ3v) is 8.83. The molecule has 0 aliphatic rings. The van der Waals surface area contributed by atoms with Gasteiger partial charge in [0.15, 0.2) is 16.7 Å². The maximum Gasteiger partial charge on any atom is 0.340 e. The molecule has 15 heteroatoms. The van der Waals surface area contributed by atoms with Crippen LogP contribution in [0.5, 0.6) is 0 Å². The zero-order valence-electron chi connectivity index (χ0n) is 18.0. The maximum absolute atomic E-state index is 11.8. The lowest BCUT2D eigenvalue weighted by Gasteiger charge is -2.18. The number of hydrogen-bond donors (Lipinski definition) is 4. The minimum Gasteiger partial charge on any atom is -0.379 e. The van der Waals surface area contributed by atoms with E-state index in [1.807, 2.05) is 18.2 Å². The van der Waals surface area contributed by atoms with E-state index in [9.17, 15) is 14.0 Å². The molecule has 2 heterocycles. The van der Waals surface area contributed by atoms with E-state index >= 15 is 0 Å². The summed E-state index contributed by atoms with van der Waals surface area (Å²) in [6.45, 7) is 0.136. The summed E-state index contributed by atoms with van der Waals surface area (Å²) in [7, 11) is -7.76. The highest BCUT2D eigenvalue weighted by Gasteiger charge is 2.31. The predicted octanol–water partition coefficient (Wildman–Crippen LogP) is 3.93. The van der Waals surface area contributed by atoms with Crippen LogP contribution in [0.4, 0.5) is 5.69 Å². The SMILES string of the molecule is CO[C@@H](CCc1cnc2c(NCc3ccccc3Cl)cc(Cl)nn12)COP(=O)(O)CP(=O)(O)O. The number of nitrogens with one attached hydrogen (secondary N) is 1. The van der Waals surface area contributed by atoms with Gasteiger partial charge in [0.2, 0.25) is 0 Å². The minimum absolute atomic E-state index is 0.249. The molecule has 2 aromatic heterocycles. The molecule has 3 rings (SSSR count). The van der Waals surface area contributed by atoms with Gasteiger partial charge in [0.1, 0.15) is 0 Å². The van der Waals surface area contributed by atoms with Gasteiger partial charge in [-0.15, -0.1) is 0 Å². The number of fused-ring (bicyclic) bond motifs is 1. The molecular formula is C19H24Cl2N4O7P2. The average Bonchev–Trinajstić information content (AvgIpc) is 3.14. The Morgan fingerprint density at radius 1 is 1.21 bits per heavy atom. The summed E-state index contributed by atoms with van der Waals surface area (Å²) < 4.78 is 34.6. The van der Waals surface area contributed by atoms with E-state index in [1.165, 1.54) is 7.11 Å². The summed E-state index contributed by atoms with van der Waals surface area (Å²) in [5.74, 6) is -1.25. The molecule has 4 N–H and O–H groups in total. The smallest absolute Gasteiger partial charge is 0.340 e. The molecule has 34 heavy (non-hydrogen) atoms. The van der Waals surface area contributed by atoms with E-state index in [0.717, 1.165) is 5.56 Å². The zero-order valence-corrected chi connectivity index (χ0v) is 21.3. The number of nitrogens with zero attached hydrogens (tertiary/aromatic N) is 3. The van der Waals surface area contributed by atoms with Crippen molar-refractivity contribution in [2.24, 2.45) is 0 Å². The number of aryl methyl sites for hydroxylation is 1. The summed E-state index contributed by atoms with van der Waals surface area (Å²) in [4.78, 5) is 31.8. The molecule has 0 bridgehead atoms. The Labute approximate surface area is 205 Å². The first-order valence-corrected chi connectivity index (χ1v) is 14.3. The summed E-state index contributed by atoms with van der Waals surface area (Å²) in [5, 5.41) is 8.46. The van der Waals surface area contributed by atoms with Crippen molar-refractivity contribution >= 4 is 49.7 Å². The van der Waals surface area contributed by atoms with Crippen molar-refractivity contribution in [3.05, 3.63) is 58.0 Å². The van der Waals surface area contributed by atoms with E-state index < -0.39 is 27.2 Å². The van der Waals surface area contributed by atoms with E-state index in [-0.39, 0.29) is 11.8 Å². The molecule has 0 spiro atoms. The van der Waals surface area contributed by atoms with Crippen molar-refractivity contribution in [1.29, 1.82) is 0 Å². The van der Waals surface area contributed by atoms with Crippen molar-refractivity contribution < 1.29 is 33.1 Å². The Bertz CT molecular complexity index is 1240. The molecule has 0 saturated heterocycles. The largest absolute Gasteiger partial charge is 0.379 e. The quantitative estimate of drug-likeness (QED) is 0.243. The molecule has 1 unspecified atom stereocenters. The molecule has 3 aromatic rings. The van der Waals surface area contributed by atoms with Crippen molar-refractivity contribution in [1.82, 2.24) is 14.6 Å². The predicted molar refractivity (Wildman–Crippen MR) is 129 cm³/mol. The highest BCUT2D eigenvalue weighted by Crippen LogP contribution is 2.55. The van der Waals surface area contributed by atoms with Crippen LogP contribution in [-0.4, -0.2) is 55.0 Å². The summed E-state index contributed by atoms with van der Waals surface area (Å²) in [5.41, 5.74) is 2.84. The minimum atomic E-state index is -4.70. The van der Waals surface area contributed by atoms with E-state index in [1.54, 1.807) is 22.8 Å². The molecule has 0 fully saturated rings. The van der Waals surface area contributed by atoms with E-state index in [4.69, 9.17) is 42.2 Å². The molecule has 0 aliphatic carbocycles. The van der Waals surface area contributed by atoms with Gasteiger partial charge in [0.25, 0.3) is 0 Å². The molecule has 0 saturated carbocycles. The van der Waals surface area contributed by atoms with Crippen LogP contribution in [-0.2, 0) is 31.4 Å². The molecule has 1 aromatic carbocycles.